The minimum Gasteiger partial charge on any atom is -0.379 e. The SMILES string of the molecule is CCn1c(=O)c(-c2ccc(-c3ccccn3)cc2Cl)cc2cnc(N[C@@H]3CCOC3)nc21. The molecule has 1 fully saturated rings. The first-order chi connectivity index (χ1) is 15.6. The fraction of sp³-hybridized carbons (Fsp3) is 0.250. The smallest absolute Gasteiger partial charge is 0.260 e. The van der Waals surface area contributed by atoms with Crippen molar-refractivity contribution in [3.63, 3.8) is 0 Å². The number of fused-ring (bicyclic) bond motifs is 1. The topological polar surface area (TPSA) is 81.9 Å². The number of anilines is 1. The van der Waals surface area contributed by atoms with E-state index < -0.39 is 0 Å². The molecule has 1 aliphatic rings. The normalized spacial score (nSPS) is 15.9. The standard InChI is InChI=1S/C24H22ClN5O2/c1-2-30-22-16(13-27-24(29-22)28-17-8-10-32-14-17)11-19(23(30)31)18-7-6-15(12-20(18)25)21-5-3-4-9-26-21/h3-7,9,11-13,17H,2,8,10,14H2,1H3,(H,27,28,29)/t17-/m1/s1. The maximum Gasteiger partial charge on any atom is 0.260 e. The summed E-state index contributed by atoms with van der Waals surface area (Å²) in [6, 6.07) is 13.3. The highest BCUT2D eigenvalue weighted by atomic mass is 35.5. The Balaban J connectivity index is 1.57. The number of pyridine rings is 2. The van der Waals surface area contributed by atoms with Crippen LogP contribution in [0.15, 0.2) is 59.7 Å². The summed E-state index contributed by atoms with van der Waals surface area (Å²) in [5.74, 6) is 0.500. The Labute approximate surface area is 190 Å². The fourth-order valence-corrected chi connectivity index (χ4v) is 4.25. The van der Waals surface area contributed by atoms with Crippen LogP contribution in [-0.4, -0.2) is 38.8 Å². The molecule has 1 aliphatic heterocycles. The van der Waals surface area contributed by atoms with Crippen LogP contribution in [0.4, 0.5) is 5.95 Å². The van der Waals surface area contributed by atoms with Crippen LogP contribution in [0.5, 0.6) is 0 Å². The molecule has 0 radical (unpaired) electrons. The predicted molar refractivity (Wildman–Crippen MR) is 126 cm³/mol. The molecule has 1 aromatic carbocycles. The largest absolute Gasteiger partial charge is 0.379 e. The third kappa shape index (κ3) is 3.85. The Morgan fingerprint density at radius 3 is 2.81 bits per heavy atom. The van der Waals surface area contributed by atoms with Gasteiger partial charge in [0, 0.05) is 52.6 Å². The first-order valence-electron chi connectivity index (χ1n) is 10.6. The Morgan fingerprint density at radius 2 is 2.09 bits per heavy atom. The lowest BCUT2D eigenvalue weighted by Gasteiger charge is -2.14. The fourth-order valence-electron chi connectivity index (χ4n) is 3.97. The molecule has 0 amide bonds. The number of halogens is 1. The van der Waals surface area contributed by atoms with Gasteiger partial charge in [0.05, 0.1) is 18.3 Å². The molecule has 4 heterocycles. The number of aryl methyl sites for hydroxylation is 1. The molecule has 32 heavy (non-hydrogen) atoms. The van der Waals surface area contributed by atoms with E-state index in [9.17, 15) is 4.79 Å². The second kappa shape index (κ2) is 8.68. The lowest BCUT2D eigenvalue weighted by atomic mass is 10.0. The second-order valence-corrected chi connectivity index (χ2v) is 8.10. The molecule has 0 unspecified atom stereocenters. The van der Waals surface area contributed by atoms with Crippen LogP contribution < -0.4 is 10.9 Å². The van der Waals surface area contributed by atoms with Crippen molar-refractivity contribution in [1.29, 1.82) is 0 Å². The van der Waals surface area contributed by atoms with Gasteiger partial charge < -0.3 is 10.1 Å². The third-order valence-electron chi connectivity index (χ3n) is 5.63. The number of rotatable bonds is 5. The predicted octanol–water partition coefficient (Wildman–Crippen LogP) is 4.39. The van der Waals surface area contributed by atoms with E-state index in [0.29, 0.717) is 40.9 Å². The van der Waals surface area contributed by atoms with Gasteiger partial charge in [0.15, 0.2) is 0 Å². The average Bonchev–Trinajstić information content (AvgIpc) is 3.33. The van der Waals surface area contributed by atoms with Crippen molar-refractivity contribution in [2.24, 2.45) is 0 Å². The summed E-state index contributed by atoms with van der Waals surface area (Å²) < 4.78 is 7.06. The molecule has 0 spiro atoms. The zero-order valence-electron chi connectivity index (χ0n) is 17.6. The van der Waals surface area contributed by atoms with Gasteiger partial charge in [-0.1, -0.05) is 29.8 Å². The highest BCUT2D eigenvalue weighted by molar-refractivity contribution is 6.33. The molecular formula is C24H22ClN5O2. The molecule has 3 aromatic heterocycles. The van der Waals surface area contributed by atoms with Gasteiger partial charge in [-0.25, -0.2) is 4.98 Å². The minimum absolute atomic E-state index is 0.138. The lowest BCUT2D eigenvalue weighted by Crippen LogP contribution is -2.24. The van der Waals surface area contributed by atoms with Crippen LogP contribution in [0.3, 0.4) is 0 Å². The highest BCUT2D eigenvalue weighted by Gasteiger charge is 2.18. The summed E-state index contributed by atoms with van der Waals surface area (Å²) in [5, 5.41) is 4.56. The molecule has 1 N–H and O–H groups in total. The van der Waals surface area contributed by atoms with Crippen LogP contribution in [0.1, 0.15) is 13.3 Å². The van der Waals surface area contributed by atoms with Crippen molar-refractivity contribution in [2.75, 3.05) is 18.5 Å². The molecule has 0 aliphatic carbocycles. The van der Waals surface area contributed by atoms with Crippen molar-refractivity contribution < 1.29 is 4.74 Å². The van der Waals surface area contributed by atoms with Crippen LogP contribution in [0.2, 0.25) is 5.02 Å². The van der Waals surface area contributed by atoms with Gasteiger partial charge in [-0.3, -0.25) is 14.3 Å². The van der Waals surface area contributed by atoms with E-state index in [2.05, 4.69) is 20.3 Å². The number of aromatic nitrogens is 4. The number of nitrogens with one attached hydrogen (secondary N) is 1. The van der Waals surface area contributed by atoms with E-state index in [1.807, 2.05) is 49.4 Å². The van der Waals surface area contributed by atoms with Crippen molar-refractivity contribution in [2.45, 2.75) is 25.9 Å². The summed E-state index contributed by atoms with van der Waals surface area (Å²) >= 11 is 6.62. The van der Waals surface area contributed by atoms with Gasteiger partial charge >= 0.3 is 0 Å². The minimum atomic E-state index is -0.138. The maximum absolute atomic E-state index is 13.4. The highest BCUT2D eigenvalue weighted by Crippen LogP contribution is 2.31. The number of benzene rings is 1. The van der Waals surface area contributed by atoms with Crippen molar-refractivity contribution in [3.05, 3.63) is 70.2 Å². The number of ether oxygens (including phenoxy) is 1. The van der Waals surface area contributed by atoms with Gasteiger partial charge in [-0.15, -0.1) is 0 Å². The summed E-state index contributed by atoms with van der Waals surface area (Å²) in [6.45, 7) is 3.77. The van der Waals surface area contributed by atoms with Gasteiger partial charge in [0.25, 0.3) is 5.56 Å². The Morgan fingerprint density at radius 1 is 1.19 bits per heavy atom. The molecular weight excluding hydrogens is 426 g/mol. The third-order valence-corrected chi connectivity index (χ3v) is 5.94. The van der Waals surface area contributed by atoms with Crippen molar-refractivity contribution in [1.82, 2.24) is 19.5 Å². The van der Waals surface area contributed by atoms with E-state index >= 15 is 0 Å². The van der Waals surface area contributed by atoms with Gasteiger partial charge in [0.2, 0.25) is 5.95 Å². The van der Waals surface area contributed by atoms with Crippen LogP contribution in [0, 0.1) is 0 Å². The van der Waals surface area contributed by atoms with Crippen LogP contribution >= 0.6 is 11.6 Å². The molecule has 0 bridgehead atoms. The first kappa shape index (κ1) is 20.6. The molecule has 8 heteroatoms. The molecule has 0 saturated carbocycles. The van der Waals surface area contributed by atoms with E-state index in [1.54, 1.807) is 17.0 Å². The maximum atomic E-state index is 13.4. The number of nitrogens with zero attached hydrogens (tertiary/aromatic N) is 4. The summed E-state index contributed by atoms with van der Waals surface area (Å²) in [4.78, 5) is 26.8. The summed E-state index contributed by atoms with van der Waals surface area (Å²) in [6.07, 6.45) is 4.39. The summed E-state index contributed by atoms with van der Waals surface area (Å²) in [5.41, 5.74) is 3.37. The van der Waals surface area contributed by atoms with E-state index in [4.69, 9.17) is 16.3 Å². The zero-order valence-corrected chi connectivity index (χ0v) is 18.3. The monoisotopic (exact) mass is 447 g/mol. The van der Waals surface area contributed by atoms with Gasteiger partial charge in [0.1, 0.15) is 5.65 Å². The van der Waals surface area contributed by atoms with E-state index in [1.165, 1.54) is 0 Å². The number of hydrogen-bond donors (Lipinski definition) is 1. The Hall–Kier alpha value is -3.29. The Kier molecular flexibility index (Phi) is 5.59. The molecule has 1 saturated heterocycles. The average molecular weight is 448 g/mol. The zero-order chi connectivity index (χ0) is 22.1. The Bertz CT molecular complexity index is 1330. The summed E-state index contributed by atoms with van der Waals surface area (Å²) in [7, 11) is 0. The number of hydrogen-bond acceptors (Lipinski definition) is 6. The molecule has 5 rings (SSSR count). The van der Waals surface area contributed by atoms with E-state index in [0.717, 1.165) is 29.7 Å². The van der Waals surface area contributed by atoms with Crippen molar-refractivity contribution >= 4 is 28.6 Å². The quantitative estimate of drug-likeness (QED) is 0.488. The lowest BCUT2D eigenvalue weighted by molar-refractivity contribution is 0.195. The van der Waals surface area contributed by atoms with Gasteiger partial charge in [-0.2, -0.15) is 4.98 Å². The second-order valence-electron chi connectivity index (χ2n) is 7.69. The first-order valence-corrected chi connectivity index (χ1v) is 11.0. The molecule has 162 valence electrons. The molecule has 4 aromatic rings. The van der Waals surface area contributed by atoms with E-state index in [-0.39, 0.29) is 11.6 Å². The molecule has 7 nitrogen and oxygen atoms in total. The van der Waals surface area contributed by atoms with Crippen molar-refractivity contribution in [3.8, 4) is 22.4 Å². The van der Waals surface area contributed by atoms with Crippen LogP contribution in [-0.2, 0) is 11.3 Å². The van der Waals surface area contributed by atoms with Gasteiger partial charge in [-0.05, 0) is 37.6 Å². The van der Waals surface area contributed by atoms with Crippen LogP contribution in [0.25, 0.3) is 33.4 Å². The molecule has 1 atom stereocenters.